The zero-order valence-electron chi connectivity index (χ0n) is 12.9. The molecule has 2 aromatic rings. The first-order valence-corrected chi connectivity index (χ1v) is 7.87. The largest absolute Gasteiger partial charge is 0.394 e. The molecule has 112 valence electrons. The van der Waals surface area contributed by atoms with Gasteiger partial charge in [0, 0.05) is 16.8 Å². The van der Waals surface area contributed by atoms with Gasteiger partial charge in [0.25, 0.3) is 0 Å². The molecule has 2 N–H and O–H groups in total. The molecule has 0 spiro atoms. The SMILES string of the molecule is Cc1cc(NC2(CO)CCCC(C)C2)c2ccccc2n1. The van der Waals surface area contributed by atoms with Crippen molar-refractivity contribution in [2.75, 3.05) is 11.9 Å². The molecule has 1 saturated carbocycles. The van der Waals surface area contributed by atoms with Gasteiger partial charge in [-0.25, -0.2) is 0 Å². The molecule has 1 aromatic carbocycles. The minimum absolute atomic E-state index is 0.186. The number of nitrogens with zero attached hydrogens (tertiary/aromatic N) is 1. The van der Waals surface area contributed by atoms with Gasteiger partial charge in [0.2, 0.25) is 0 Å². The Hall–Kier alpha value is -1.61. The third kappa shape index (κ3) is 2.88. The topological polar surface area (TPSA) is 45.1 Å². The van der Waals surface area contributed by atoms with Crippen molar-refractivity contribution in [1.29, 1.82) is 0 Å². The molecule has 1 aromatic heterocycles. The quantitative estimate of drug-likeness (QED) is 0.898. The van der Waals surface area contributed by atoms with Crippen LogP contribution in [-0.2, 0) is 0 Å². The first kappa shape index (κ1) is 14.3. The zero-order chi connectivity index (χ0) is 14.9. The average Bonchev–Trinajstić information content (AvgIpc) is 2.47. The highest BCUT2D eigenvalue weighted by Crippen LogP contribution is 2.36. The monoisotopic (exact) mass is 284 g/mol. The van der Waals surface area contributed by atoms with Crippen LogP contribution >= 0.6 is 0 Å². The molecular weight excluding hydrogens is 260 g/mol. The highest BCUT2D eigenvalue weighted by atomic mass is 16.3. The summed E-state index contributed by atoms with van der Waals surface area (Å²) in [6, 6.07) is 10.3. The molecule has 2 atom stereocenters. The Kier molecular flexibility index (Phi) is 3.85. The van der Waals surface area contributed by atoms with Crippen LogP contribution in [0, 0.1) is 12.8 Å². The lowest BCUT2D eigenvalue weighted by molar-refractivity contribution is 0.150. The molecule has 0 amide bonds. The Morgan fingerprint density at radius 2 is 2.19 bits per heavy atom. The van der Waals surface area contributed by atoms with Gasteiger partial charge >= 0.3 is 0 Å². The summed E-state index contributed by atoms with van der Waals surface area (Å²) in [7, 11) is 0. The number of aliphatic hydroxyl groups excluding tert-OH is 1. The van der Waals surface area contributed by atoms with Crippen LogP contribution in [0.2, 0.25) is 0 Å². The molecule has 0 bridgehead atoms. The molecule has 1 fully saturated rings. The number of rotatable bonds is 3. The Morgan fingerprint density at radius 1 is 1.38 bits per heavy atom. The molecule has 21 heavy (non-hydrogen) atoms. The second-order valence-electron chi connectivity index (χ2n) is 6.59. The molecule has 3 nitrogen and oxygen atoms in total. The maximum atomic E-state index is 9.98. The molecule has 0 aliphatic heterocycles. The number of para-hydroxylation sites is 1. The van der Waals surface area contributed by atoms with E-state index in [0.717, 1.165) is 35.1 Å². The van der Waals surface area contributed by atoms with E-state index >= 15 is 0 Å². The van der Waals surface area contributed by atoms with E-state index in [4.69, 9.17) is 0 Å². The highest BCUT2D eigenvalue weighted by Gasteiger charge is 2.34. The molecule has 2 unspecified atom stereocenters. The van der Waals surface area contributed by atoms with Gasteiger partial charge < -0.3 is 10.4 Å². The molecule has 0 saturated heterocycles. The molecule has 0 radical (unpaired) electrons. The predicted molar refractivity (Wildman–Crippen MR) is 87.6 cm³/mol. The van der Waals surface area contributed by atoms with Gasteiger partial charge in [-0.15, -0.1) is 0 Å². The third-order valence-electron chi connectivity index (χ3n) is 4.64. The van der Waals surface area contributed by atoms with Gasteiger partial charge in [-0.2, -0.15) is 0 Å². The molecule has 1 aliphatic rings. The van der Waals surface area contributed by atoms with E-state index in [0.29, 0.717) is 5.92 Å². The van der Waals surface area contributed by atoms with Crippen molar-refractivity contribution in [1.82, 2.24) is 4.98 Å². The molecule has 1 aliphatic carbocycles. The van der Waals surface area contributed by atoms with E-state index in [-0.39, 0.29) is 12.1 Å². The Morgan fingerprint density at radius 3 is 2.95 bits per heavy atom. The Labute approximate surface area is 126 Å². The van der Waals surface area contributed by atoms with E-state index in [1.54, 1.807) is 0 Å². The van der Waals surface area contributed by atoms with E-state index in [9.17, 15) is 5.11 Å². The third-order valence-corrected chi connectivity index (χ3v) is 4.64. The standard InChI is InChI=1S/C18H24N2O/c1-13-6-5-9-18(11-13,12-21)20-17-10-14(2)19-16-8-4-3-7-15(16)17/h3-4,7-8,10,13,21H,5-6,9,11-12H2,1-2H3,(H,19,20). The molecule has 3 rings (SSSR count). The van der Waals surface area contributed by atoms with Crippen molar-refractivity contribution < 1.29 is 5.11 Å². The molecule has 3 heteroatoms. The van der Waals surface area contributed by atoms with Crippen molar-refractivity contribution in [2.24, 2.45) is 5.92 Å². The van der Waals surface area contributed by atoms with Crippen LogP contribution in [0.5, 0.6) is 0 Å². The fourth-order valence-corrected chi connectivity index (χ4v) is 3.65. The number of hydrogen-bond acceptors (Lipinski definition) is 3. The number of aryl methyl sites for hydroxylation is 1. The predicted octanol–water partition coefficient (Wildman–Crippen LogP) is 3.90. The number of fused-ring (bicyclic) bond motifs is 1. The lowest BCUT2D eigenvalue weighted by Crippen LogP contribution is -2.45. The summed E-state index contributed by atoms with van der Waals surface area (Å²) in [5.41, 5.74) is 2.93. The van der Waals surface area contributed by atoms with Crippen molar-refractivity contribution in [2.45, 2.75) is 45.1 Å². The van der Waals surface area contributed by atoms with E-state index < -0.39 is 0 Å². The number of benzene rings is 1. The van der Waals surface area contributed by atoms with Gasteiger partial charge in [0.15, 0.2) is 0 Å². The number of nitrogens with one attached hydrogen (secondary N) is 1. The Bertz CT molecular complexity index is 640. The van der Waals surface area contributed by atoms with Crippen LogP contribution in [0.3, 0.4) is 0 Å². The van der Waals surface area contributed by atoms with E-state index in [2.05, 4.69) is 29.4 Å². The van der Waals surface area contributed by atoms with Gasteiger partial charge in [0.1, 0.15) is 0 Å². The summed E-state index contributed by atoms with van der Waals surface area (Å²) < 4.78 is 0. The second-order valence-corrected chi connectivity index (χ2v) is 6.59. The molecular formula is C18H24N2O. The van der Waals surface area contributed by atoms with Gasteiger partial charge in [-0.05, 0) is 37.8 Å². The lowest BCUT2D eigenvalue weighted by atomic mass is 9.76. The normalized spacial score (nSPS) is 26.0. The number of hydrogen-bond donors (Lipinski definition) is 2. The van der Waals surface area contributed by atoms with Crippen molar-refractivity contribution in [3.8, 4) is 0 Å². The van der Waals surface area contributed by atoms with Gasteiger partial charge in [0.05, 0.1) is 17.7 Å². The summed E-state index contributed by atoms with van der Waals surface area (Å²) in [4.78, 5) is 4.59. The van der Waals surface area contributed by atoms with Gasteiger partial charge in [-0.3, -0.25) is 4.98 Å². The van der Waals surface area contributed by atoms with Crippen LogP contribution < -0.4 is 5.32 Å². The zero-order valence-corrected chi connectivity index (χ0v) is 12.9. The summed E-state index contributed by atoms with van der Waals surface area (Å²) in [6.07, 6.45) is 4.50. The van der Waals surface area contributed by atoms with Crippen LogP contribution in [0.4, 0.5) is 5.69 Å². The van der Waals surface area contributed by atoms with Crippen LogP contribution in [0.15, 0.2) is 30.3 Å². The fourth-order valence-electron chi connectivity index (χ4n) is 3.65. The summed E-state index contributed by atoms with van der Waals surface area (Å²) in [5.74, 6) is 0.660. The van der Waals surface area contributed by atoms with Crippen LogP contribution in [0.25, 0.3) is 10.9 Å². The fraction of sp³-hybridized carbons (Fsp3) is 0.500. The van der Waals surface area contributed by atoms with Gasteiger partial charge in [-0.1, -0.05) is 38.0 Å². The van der Waals surface area contributed by atoms with Crippen molar-refractivity contribution in [3.05, 3.63) is 36.0 Å². The second kappa shape index (κ2) is 5.64. The lowest BCUT2D eigenvalue weighted by Gasteiger charge is -2.40. The number of aliphatic hydroxyl groups is 1. The first-order valence-electron chi connectivity index (χ1n) is 7.87. The van der Waals surface area contributed by atoms with Crippen LogP contribution in [0.1, 0.15) is 38.3 Å². The maximum Gasteiger partial charge on any atom is 0.0725 e. The summed E-state index contributed by atoms with van der Waals surface area (Å²) in [6.45, 7) is 4.49. The molecule has 1 heterocycles. The minimum Gasteiger partial charge on any atom is -0.394 e. The van der Waals surface area contributed by atoms with E-state index in [1.165, 1.54) is 12.8 Å². The van der Waals surface area contributed by atoms with Crippen molar-refractivity contribution in [3.63, 3.8) is 0 Å². The highest BCUT2D eigenvalue weighted by molar-refractivity contribution is 5.91. The first-order chi connectivity index (χ1) is 10.1. The maximum absolute atomic E-state index is 9.98. The minimum atomic E-state index is -0.186. The summed E-state index contributed by atoms with van der Waals surface area (Å²) >= 11 is 0. The van der Waals surface area contributed by atoms with Crippen LogP contribution in [-0.4, -0.2) is 22.2 Å². The van der Waals surface area contributed by atoms with E-state index in [1.807, 2.05) is 25.1 Å². The average molecular weight is 284 g/mol. The smallest absolute Gasteiger partial charge is 0.0725 e. The Balaban J connectivity index is 2.00. The van der Waals surface area contributed by atoms with Crippen molar-refractivity contribution >= 4 is 16.6 Å². The summed E-state index contributed by atoms with van der Waals surface area (Å²) in [5, 5.41) is 14.8. The number of pyridine rings is 1. The number of anilines is 1. The number of aromatic nitrogens is 1.